The van der Waals surface area contributed by atoms with Gasteiger partial charge in [0.1, 0.15) is 23.6 Å². The number of nitrogens with two attached hydrogens (primary N) is 4. The fraction of sp³-hybridized carbons (Fsp3) is 0.400. The molecule has 3 amide bonds. The summed E-state index contributed by atoms with van der Waals surface area (Å²) < 4.78 is 0. The molecule has 0 bridgehead atoms. The summed E-state index contributed by atoms with van der Waals surface area (Å²) in [4.78, 5) is 45.0. The third-order valence-corrected chi connectivity index (χ3v) is 10.9. The molecule has 0 saturated carbocycles. The zero-order chi connectivity index (χ0) is 44.0. The van der Waals surface area contributed by atoms with E-state index in [1.54, 1.807) is 38.1 Å². The Labute approximate surface area is 352 Å². The quantitative estimate of drug-likeness (QED) is 0.0308. The smallest absolute Gasteiger partial charge is 0.246 e. The lowest BCUT2D eigenvalue weighted by Gasteiger charge is -2.39. The van der Waals surface area contributed by atoms with E-state index in [4.69, 9.17) is 33.8 Å². The van der Waals surface area contributed by atoms with Crippen LogP contribution < -0.4 is 38.9 Å². The van der Waals surface area contributed by atoms with Crippen molar-refractivity contribution < 1.29 is 24.6 Å². The van der Waals surface area contributed by atoms with E-state index in [0.717, 1.165) is 41.2 Å². The Kier molecular flexibility index (Phi) is 16.7. The van der Waals surface area contributed by atoms with Crippen molar-refractivity contribution in [3.63, 3.8) is 0 Å². The molecular weight excluding hydrogens is 761 g/mol. The van der Waals surface area contributed by atoms with Crippen molar-refractivity contribution in [3.05, 3.63) is 107 Å². The molecule has 4 atom stereocenters. The SMILES string of the molecule is Cc1cc(C[C@@](N)(CCCCCCNC(=N)N)C(=O)N[C@@H](Cc2ccc(O)cc2)C(=O)N([C@H](C)c2ccc3ccccc3c2)[C@@H](CCCNC(=N)N)C(N)=O)cc(C)c1O. The van der Waals surface area contributed by atoms with Gasteiger partial charge in [-0.15, -0.1) is 0 Å². The number of hydrogen-bond acceptors (Lipinski definition) is 8. The van der Waals surface area contributed by atoms with Gasteiger partial charge >= 0.3 is 0 Å². The van der Waals surface area contributed by atoms with Gasteiger partial charge in [0.25, 0.3) is 0 Å². The minimum atomic E-state index is -1.50. The Morgan fingerprint density at radius 2 is 1.37 bits per heavy atom. The molecule has 0 aliphatic rings. The van der Waals surface area contributed by atoms with Crippen LogP contribution in [0.1, 0.15) is 85.7 Å². The van der Waals surface area contributed by atoms with Crippen molar-refractivity contribution in [2.24, 2.45) is 22.9 Å². The van der Waals surface area contributed by atoms with Gasteiger partial charge in [0.05, 0.1) is 11.6 Å². The summed E-state index contributed by atoms with van der Waals surface area (Å²) in [5.74, 6) is -2.00. The van der Waals surface area contributed by atoms with E-state index in [9.17, 15) is 19.8 Å². The minimum Gasteiger partial charge on any atom is -0.508 e. The predicted molar refractivity (Wildman–Crippen MR) is 236 cm³/mol. The summed E-state index contributed by atoms with van der Waals surface area (Å²) in [6, 6.07) is 20.5. The number of nitrogens with zero attached hydrogens (tertiary/aromatic N) is 1. The highest BCUT2D eigenvalue weighted by Gasteiger charge is 2.41. The van der Waals surface area contributed by atoms with Gasteiger partial charge in [-0.25, -0.2) is 0 Å². The van der Waals surface area contributed by atoms with Crippen molar-refractivity contribution in [1.29, 1.82) is 10.8 Å². The summed E-state index contributed by atoms with van der Waals surface area (Å²) in [5, 5.41) is 46.1. The Hall–Kier alpha value is -6.35. The van der Waals surface area contributed by atoms with E-state index < -0.39 is 41.4 Å². The van der Waals surface area contributed by atoms with E-state index >= 15 is 4.79 Å². The largest absolute Gasteiger partial charge is 0.508 e. The monoisotopic (exact) mass is 822 g/mol. The number of phenolic OH excluding ortho intramolecular Hbond substituents is 2. The third-order valence-electron chi connectivity index (χ3n) is 10.9. The Balaban J connectivity index is 1.76. The second-order valence-corrected chi connectivity index (χ2v) is 15.7. The second-order valence-electron chi connectivity index (χ2n) is 15.7. The molecule has 15 nitrogen and oxygen atoms in total. The number of fused-ring (bicyclic) bond motifs is 1. The number of benzene rings is 4. The summed E-state index contributed by atoms with van der Waals surface area (Å²) in [7, 11) is 0. The van der Waals surface area contributed by atoms with E-state index in [1.807, 2.05) is 49.4 Å². The maximum atomic E-state index is 15.3. The number of guanidine groups is 2. The summed E-state index contributed by atoms with van der Waals surface area (Å²) in [5.41, 5.74) is 26.1. The van der Waals surface area contributed by atoms with Crippen LogP contribution in [0.4, 0.5) is 0 Å². The average molecular weight is 823 g/mol. The molecule has 4 rings (SSSR count). The van der Waals surface area contributed by atoms with Gasteiger partial charge in [-0.3, -0.25) is 25.2 Å². The van der Waals surface area contributed by atoms with Crippen LogP contribution in [0.3, 0.4) is 0 Å². The van der Waals surface area contributed by atoms with Crippen LogP contribution in [0.2, 0.25) is 0 Å². The highest BCUT2D eigenvalue weighted by Crippen LogP contribution is 2.30. The highest BCUT2D eigenvalue weighted by molar-refractivity contribution is 5.95. The van der Waals surface area contributed by atoms with Crippen molar-refractivity contribution in [2.75, 3.05) is 13.1 Å². The minimum absolute atomic E-state index is 0.000176. The van der Waals surface area contributed by atoms with E-state index in [0.29, 0.717) is 36.1 Å². The molecule has 322 valence electrons. The Bertz CT molecular complexity index is 2100. The van der Waals surface area contributed by atoms with Gasteiger partial charge in [-0.2, -0.15) is 0 Å². The number of carbonyl (C=O) groups excluding carboxylic acids is 3. The van der Waals surface area contributed by atoms with Crippen LogP contribution in [-0.4, -0.2) is 75.5 Å². The van der Waals surface area contributed by atoms with Crippen LogP contribution in [0, 0.1) is 24.7 Å². The number of amides is 3. The van der Waals surface area contributed by atoms with Crippen LogP contribution in [0.15, 0.2) is 78.9 Å². The maximum absolute atomic E-state index is 15.3. The fourth-order valence-electron chi connectivity index (χ4n) is 7.67. The van der Waals surface area contributed by atoms with E-state index in [1.165, 1.54) is 17.0 Å². The van der Waals surface area contributed by atoms with Crippen molar-refractivity contribution in [1.82, 2.24) is 20.9 Å². The maximum Gasteiger partial charge on any atom is 0.246 e. The molecule has 0 spiro atoms. The van der Waals surface area contributed by atoms with Crippen molar-refractivity contribution in [3.8, 4) is 11.5 Å². The first-order chi connectivity index (χ1) is 28.5. The molecule has 0 aliphatic carbocycles. The van der Waals surface area contributed by atoms with Gasteiger partial charge in [-0.05, 0) is 110 Å². The van der Waals surface area contributed by atoms with Crippen LogP contribution >= 0.6 is 0 Å². The summed E-state index contributed by atoms with van der Waals surface area (Å²) >= 11 is 0. The molecule has 0 aromatic heterocycles. The van der Waals surface area contributed by atoms with Crippen molar-refractivity contribution >= 4 is 40.4 Å². The number of unbranched alkanes of at least 4 members (excludes halogenated alkanes) is 3. The Morgan fingerprint density at radius 1 is 0.767 bits per heavy atom. The predicted octanol–water partition coefficient (Wildman–Crippen LogP) is 3.98. The van der Waals surface area contributed by atoms with Gasteiger partial charge in [0.2, 0.25) is 17.7 Å². The number of nitrogens with one attached hydrogen (secondary N) is 5. The lowest BCUT2D eigenvalue weighted by Crippen LogP contribution is -2.62. The standard InChI is InChI=1S/C45H62N10O5/c1-28-23-32(24-29(2)39(28)57)27-45(51,20-8-4-5-9-21-52-43(47)48)42(60)54-37(25-31-14-18-36(56)19-15-31)41(59)55(38(40(46)58)13-10-22-53-44(49)50)30(3)34-17-16-33-11-6-7-12-35(33)26-34/h6-7,11-12,14-19,23-24,26,30,37-38,56-57H,4-5,8-10,13,20-22,25,27,51H2,1-3H3,(H2,46,58)(H,54,60)(H4,47,48,52)(H4,49,50,53)/t30-,37+,38+,45+/m1/s1. The molecule has 0 aliphatic heterocycles. The van der Waals surface area contributed by atoms with Gasteiger partial charge in [0.15, 0.2) is 11.9 Å². The van der Waals surface area contributed by atoms with Crippen molar-refractivity contribution in [2.45, 2.75) is 102 Å². The molecule has 0 saturated heterocycles. The summed E-state index contributed by atoms with van der Waals surface area (Å²) in [6.45, 7) is 6.19. The molecule has 60 heavy (non-hydrogen) atoms. The molecule has 4 aromatic rings. The lowest BCUT2D eigenvalue weighted by atomic mass is 9.84. The topological polar surface area (TPSA) is 283 Å². The van der Waals surface area contributed by atoms with Crippen LogP contribution in [0.25, 0.3) is 10.8 Å². The van der Waals surface area contributed by atoms with E-state index in [2.05, 4.69) is 16.0 Å². The molecule has 0 fully saturated rings. The number of phenols is 2. The molecule has 0 heterocycles. The first kappa shape index (κ1) is 46.3. The van der Waals surface area contributed by atoms with Crippen LogP contribution in [0.5, 0.6) is 11.5 Å². The molecular formula is C45H62N10O5. The second kappa shape index (κ2) is 21.6. The molecule has 15 N–H and O–H groups in total. The number of aromatic hydroxyl groups is 2. The highest BCUT2D eigenvalue weighted by atomic mass is 16.3. The van der Waals surface area contributed by atoms with Gasteiger partial charge in [0, 0.05) is 19.5 Å². The molecule has 0 radical (unpaired) electrons. The number of carbonyl (C=O) groups is 3. The molecule has 0 unspecified atom stereocenters. The fourth-order valence-corrected chi connectivity index (χ4v) is 7.67. The van der Waals surface area contributed by atoms with Gasteiger partial charge in [-0.1, -0.05) is 79.9 Å². The third kappa shape index (κ3) is 13.1. The Morgan fingerprint density at radius 3 is 1.98 bits per heavy atom. The van der Waals surface area contributed by atoms with E-state index in [-0.39, 0.29) is 55.6 Å². The van der Waals surface area contributed by atoms with Crippen LogP contribution in [-0.2, 0) is 27.2 Å². The zero-order valence-corrected chi connectivity index (χ0v) is 34.9. The number of aryl methyl sites for hydroxylation is 2. The normalized spacial score (nSPS) is 13.7. The lowest BCUT2D eigenvalue weighted by molar-refractivity contribution is -0.146. The number of hydrogen-bond donors (Lipinski definition) is 11. The number of rotatable bonds is 22. The van der Waals surface area contributed by atoms with Gasteiger partial charge < -0.3 is 54.0 Å². The molecule has 15 heteroatoms. The first-order valence-corrected chi connectivity index (χ1v) is 20.4. The first-order valence-electron chi connectivity index (χ1n) is 20.4. The zero-order valence-electron chi connectivity index (χ0n) is 34.9. The summed E-state index contributed by atoms with van der Waals surface area (Å²) in [6.07, 6.45) is 3.75. The average Bonchev–Trinajstić information content (AvgIpc) is 3.20. The molecule has 4 aromatic carbocycles. The number of primary amides is 1.